The zero-order valence-electron chi connectivity index (χ0n) is 12.4. The van der Waals surface area contributed by atoms with Gasteiger partial charge in [-0.05, 0) is 13.8 Å². The van der Waals surface area contributed by atoms with E-state index in [-0.39, 0.29) is 0 Å². The Hall–Kier alpha value is 2.80. The summed E-state index contributed by atoms with van der Waals surface area (Å²) in [5, 5.41) is 1.54. The lowest BCUT2D eigenvalue weighted by atomic mass is 10.5. The molecule has 0 aromatic carbocycles. The molecule has 124 valence electrons. The van der Waals surface area contributed by atoms with Crippen LogP contribution in [0.15, 0.2) is 0 Å². The second kappa shape index (κ2) is 10.1. The Morgan fingerprint density at radius 3 is 1.67 bits per heavy atom. The molecule has 0 nitrogen and oxygen atoms in total. The highest BCUT2D eigenvalue weighted by Gasteiger charge is 2.30. The lowest BCUT2D eigenvalue weighted by Gasteiger charge is -2.26. The summed E-state index contributed by atoms with van der Waals surface area (Å²) in [5.74, 6) is 7.16. The highest BCUT2D eigenvalue weighted by atomic mass is 32.2. The van der Waals surface area contributed by atoms with Crippen molar-refractivity contribution in [2.45, 2.75) is 37.6 Å². The van der Waals surface area contributed by atoms with Crippen LogP contribution in [-0.4, -0.2) is 58.3 Å². The molecule has 0 aromatic heterocycles. The van der Waals surface area contributed by atoms with Gasteiger partial charge in [0.25, 0.3) is 0 Å². The van der Waals surface area contributed by atoms with Crippen LogP contribution >= 0.6 is 95.8 Å². The van der Waals surface area contributed by atoms with Gasteiger partial charge in [0, 0.05) is 45.0 Å². The number of hydrogen-bond donors (Lipinski definition) is 2. The molecule has 2 rings (SSSR count). The van der Waals surface area contributed by atoms with Gasteiger partial charge in [0.15, 0.2) is 0 Å². The van der Waals surface area contributed by atoms with E-state index in [1.807, 2.05) is 0 Å². The van der Waals surface area contributed by atoms with Crippen molar-refractivity contribution in [2.75, 3.05) is 34.5 Å². The third-order valence-electron chi connectivity index (χ3n) is 3.17. The number of thioether (sulfide) groups is 6. The molecule has 8 heteroatoms. The molecule has 4 unspecified atom stereocenters. The summed E-state index contributed by atoms with van der Waals surface area (Å²) in [7, 11) is 0. The van der Waals surface area contributed by atoms with Crippen LogP contribution in [0.4, 0.5) is 0 Å². The van der Waals surface area contributed by atoms with Gasteiger partial charge < -0.3 is 0 Å². The SMILES string of the molecule is CC(C)(SCC1SCC(CS)S1)SCC1SCC(CS)S1. The third-order valence-corrected chi connectivity index (χ3v) is 15.0. The van der Waals surface area contributed by atoms with Crippen molar-refractivity contribution in [3.8, 4) is 0 Å². The molecule has 2 heterocycles. The van der Waals surface area contributed by atoms with E-state index < -0.39 is 0 Å². The van der Waals surface area contributed by atoms with Gasteiger partial charge >= 0.3 is 0 Å². The molecule has 0 aromatic rings. The molecule has 4 atom stereocenters. The largest absolute Gasteiger partial charge is 0.178 e. The van der Waals surface area contributed by atoms with E-state index >= 15 is 0 Å². The Labute approximate surface area is 166 Å². The van der Waals surface area contributed by atoms with E-state index in [0.29, 0.717) is 4.08 Å². The minimum Gasteiger partial charge on any atom is -0.178 e. The molecule has 0 amide bonds. The summed E-state index contributed by atoms with van der Waals surface area (Å²) in [6.07, 6.45) is 0. The molecule has 2 fully saturated rings. The summed E-state index contributed by atoms with van der Waals surface area (Å²) in [6.45, 7) is 4.78. The van der Waals surface area contributed by atoms with Crippen molar-refractivity contribution in [1.29, 1.82) is 0 Å². The molecule has 0 saturated carbocycles. The van der Waals surface area contributed by atoms with Crippen molar-refractivity contribution in [1.82, 2.24) is 0 Å². The summed E-state index contributed by atoms with van der Waals surface area (Å²) in [5.41, 5.74) is 0. The predicted molar refractivity (Wildman–Crippen MR) is 122 cm³/mol. The highest BCUT2D eigenvalue weighted by molar-refractivity contribution is 8.24. The van der Waals surface area contributed by atoms with Crippen LogP contribution < -0.4 is 0 Å². The fourth-order valence-electron chi connectivity index (χ4n) is 1.96. The van der Waals surface area contributed by atoms with Crippen LogP contribution in [0.5, 0.6) is 0 Å². The van der Waals surface area contributed by atoms with Crippen molar-refractivity contribution in [2.24, 2.45) is 0 Å². The van der Waals surface area contributed by atoms with Gasteiger partial charge in [0.2, 0.25) is 0 Å². The topological polar surface area (TPSA) is 0 Å². The zero-order chi connectivity index (χ0) is 15.3. The van der Waals surface area contributed by atoms with Gasteiger partial charge in [-0.1, -0.05) is 0 Å². The Morgan fingerprint density at radius 1 is 0.905 bits per heavy atom. The summed E-state index contributed by atoms with van der Waals surface area (Å²) >= 11 is 21.7. The van der Waals surface area contributed by atoms with Crippen molar-refractivity contribution in [3.63, 3.8) is 0 Å². The number of thiol groups is 2. The maximum Gasteiger partial charge on any atom is 0.0597 e. The molecule has 0 aliphatic carbocycles. The number of hydrogen-bond acceptors (Lipinski definition) is 8. The molecule has 0 N–H and O–H groups in total. The number of rotatable bonds is 8. The van der Waals surface area contributed by atoms with Crippen LogP contribution in [0.2, 0.25) is 0 Å². The Kier molecular flexibility index (Phi) is 9.65. The molecular weight excluding hydrogens is 413 g/mol. The van der Waals surface area contributed by atoms with Gasteiger partial charge in [-0.15, -0.1) is 70.6 Å². The lowest BCUT2D eigenvalue weighted by molar-refractivity contribution is 1.02. The van der Waals surface area contributed by atoms with Crippen LogP contribution in [0, 0.1) is 0 Å². The standard InChI is InChI=1S/C13H24S8/c1-13(2,18-7-11-16-5-9(3-14)20-11)19-8-12-17-6-10(4-15)21-12/h9-12,14-15H,3-8H2,1-2H3. The maximum atomic E-state index is 4.42. The minimum atomic E-state index is 0.334. The Morgan fingerprint density at radius 2 is 1.33 bits per heavy atom. The molecule has 21 heavy (non-hydrogen) atoms. The van der Waals surface area contributed by atoms with E-state index in [1.54, 1.807) is 0 Å². The first-order chi connectivity index (χ1) is 10.0. The van der Waals surface area contributed by atoms with Crippen molar-refractivity contribution >= 4 is 95.8 Å². The molecule has 2 aliphatic rings. The van der Waals surface area contributed by atoms with Crippen molar-refractivity contribution < 1.29 is 0 Å². The predicted octanol–water partition coefficient (Wildman–Crippen LogP) is 5.40. The normalized spacial score (nSPS) is 33.7. The Bertz CT molecular complexity index is 283. The van der Waals surface area contributed by atoms with E-state index in [2.05, 4.69) is 110 Å². The maximum absolute atomic E-state index is 4.42. The average molecular weight is 437 g/mol. The van der Waals surface area contributed by atoms with Gasteiger partial charge in [-0.25, -0.2) is 0 Å². The van der Waals surface area contributed by atoms with E-state index in [1.165, 1.54) is 23.0 Å². The van der Waals surface area contributed by atoms with E-state index in [0.717, 1.165) is 31.2 Å². The average Bonchev–Trinajstić information content (AvgIpc) is 3.12. The van der Waals surface area contributed by atoms with Crippen LogP contribution in [0.1, 0.15) is 13.8 Å². The summed E-state index contributed by atoms with van der Waals surface area (Å²) in [6, 6.07) is 0. The third kappa shape index (κ3) is 7.28. The van der Waals surface area contributed by atoms with Gasteiger partial charge in [-0.3, -0.25) is 0 Å². The zero-order valence-corrected chi connectivity index (χ0v) is 19.1. The van der Waals surface area contributed by atoms with Crippen molar-refractivity contribution in [3.05, 3.63) is 0 Å². The molecule has 0 radical (unpaired) electrons. The molecule has 0 spiro atoms. The first-order valence-electron chi connectivity index (χ1n) is 7.06. The summed E-state index contributed by atoms with van der Waals surface area (Å²) in [4.78, 5) is 0. The van der Waals surface area contributed by atoms with Crippen LogP contribution in [0.3, 0.4) is 0 Å². The molecule has 0 bridgehead atoms. The molecule has 2 saturated heterocycles. The molecular formula is C13H24S8. The second-order valence-corrected chi connectivity index (χ2v) is 15.8. The lowest BCUT2D eigenvalue weighted by Crippen LogP contribution is -2.15. The second-order valence-electron chi connectivity index (χ2n) is 5.43. The molecule has 2 aliphatic heterocycles. The quantitative estimate of drug-likeness (QED) is 0.383. The first-order valence-corrected chi connectivity index (χ1v) is 14.3. The van der Waals surface area contributed by atoms with Crippen LogP contribution in [-0.2, 0) is 0 Å². The van der Waals surface area contributed by atoms with E-state index in [9.17, 15) is 0 Å². The highest BCUT2D eigenvalue weighted by Crippen LogP contribution is 2.47. The smallest absolute Gasteiger partial charge is 0.0597 e. The van der Waals surface area contributed by atoms with Crippen LogP contribution in [0.25, 0.3) is 0 Å². The Balaban J connectivity index is 1.63. The van der Waals surface area contributed by atoms with Gasteiger partial charge in [0.1, 0.15) is 0 Å². The summed E-state index contributed by atoms with van der Waals surface area (Å²) < 4.78 is 1.88. The van der Waals surface area contributed by atoms with Gasteiger partial charge in [0.05, 0.1) is 13.2 Å². The monoisotopic (exact) mass is 436 g/mol. The van der Waals surface area contributed by atoms with E-state index in [4.69, 9.17) is 0 Å². The first kappa shape index (κ1) is 20.1. The fourth-order valence-corrected chi connectivity index (χ4v) is 12.4. The van der Waals surface area contributed by atoms with Gasteiger partial charge in [-0.2, -0.15) is 25.3 Å². The minimum absolute atomic E-state index is 0.334. The fraction of sp³-hybridized carbons (Fsp3) is 1.00.